The summed E-state index contributed by atoms with van der Waals surface area (Å²) in [5.41, 5.74) is -0.0859. The van der Waals surface area contributed by atoms with Crippen molar-refractivity contribution in [1.82, 2.24) is 0 Å². The van der Waals surface area contributed by atoms with Crippen molar-refractivity contribution in [1.29, 1.82) is 0 Å². The van der Waals surface area contributed by atoms with Crippen LogP contribution in [0.4, 0.5) is 0 Å². The lowest BCUT2D eigenvalue weighted by atomic mass is 10.1. The van der Waals surface area contributed by atoms with Crippen LogP contribution in [0.1, 0.15) is 26.3 Å². The minimum absolute atomic E-state index is 0.0378. The van der Waals surface area contributed by atoms with Crippen molar-refractivity contribution in [2.75, 3.05) is 13.9 Å². The summed E-state index contributed by atoms with van der Waals surface area (Å²) in [5, 5.41) is 9.41. The Morgan fingerprint density at radius 2 is 2.09 bits per heavy atom. The van der Waals surface area contributed by atoms with Crippen molar-refractivity contribution >= 4 is 39.0 Å². The maximum absolute atomic E-state index is 12.1. The highest BCUT2D eigenvalue weighted by atomic mass is 79.9. The Balaban J connectivity index is 3.35. The number of benzene rings is 1. The number of halogens is 1. The molecule has 0 amide bonds. The van der Waals surface area contributed by atoms with E-state index in [0.717, 1.165) is 0 Å². The number of rotatable bonds is 6. The smallest absolute Gasteiger partial charge is 0.359 e. The predicted molar refractivity (Wildman–Crippen MR) is 88.7 cm³/mol. The summed E-state index contributed by atoms with van der Waals surface area (Å²) in [7, 11) is 1.46. The third-order valence-corrected chi connectivity index (χ3v) is 4.32. The molecule has 1 unspecified atom stereocenters. The molecule has 122 valence electrons. The molecule has 0 bridgehead atoms. The molecule has 0 fully saturated rings. The van der Waals surface area contributed by atoms with Crippen molar-refractivity contribution in [3.63, 3.8) is 0 Å². The summed E-state index contributed by atoms with van der Waals surface area (Å²) in [4.78, 5) is 11.5. The van der Waals surface area contributed by atoms with Crippen LogP contribution >= 0.6 is 15.9 Å². The second kappa shape index (κ2) is 7.96. The van der Waals surface area contributed by atoms with E-state index in [9.17, 15) is 14.5 Å². The lowest BCUT2D eigenvalue weighted by Gasteiger charge is -2.19. The van der Waals surface area contributed by atoms with E-state index in [2.05, 4.69) is 20.3 Å². The zero-order valence-corrected chi connectivity index (χ0v) is 15.2. The zero-order valence-electron chi connectivity index (χ0n) is 12.8. The fourth-order valence-corrected chi connectivity index (χ4v) is 2.34. The van der Waals surface area contributed by atoms with Gasteiger partial charge in [0, 0.05) is 11.6 Å². The molecule has 0 aliphatic heterocycles. The maximum Gasteiger partial charge on any atom is 0.359 e. The van der Waals surface area contributed by atoms with E-state index in [-0.39, 0.29) is 23.8 Å². The van der Waals surface area contributed by atoms with Gasteiger partial charge in [0.15, 0.2) is 6.79 Å². The summed E-state index contributed by atoms with van der Waals surface area (Å²) >= 11 is 1.57. The molecule has 0 heterocycles. The van der Waals surface area contributed by atoms with Gasteiger partial charge in [-0.2, -0.15) is 0 Å². The van der Waals surface area contributed by atoms with Crippen molar-refractivity contribution < 1.29 is 23.9 Å². The monoisotopic (exact) mass is 391 g/mol. The van der Waals surface area contributed by atoms with Gasteiger partial charge in [-0.15, -0.1) is 0 Å². The number of ether oxygens (including phenoxy) is 2. The second-order valence-electron chi connectivity index (χ2n) is 5.30. The molecule has 1 aromatic rings. The van der Waals surface area contributed by atoms with E-state index in [1.807, 2.05) is 0 Å². The number of carboxylic acid groups (broad SMARTS) is 1. The number of carboxylic acids is 1. The highest BCUT2D eigenvalue weighted by Crippen LogP contribution is 2.26. The van der Waals surface area contributed by atoms with Crippen LogP contribution < -0.4 is 4.74 Å². The summed E-state index contributed by atoms with van der Waals surface area (Å²) in [6.07, 6.45) is 0. The Morgan fingerprint density at radius 1 is 1.45 bits per heavy atom. The molecule has 1 rings (SSSR count). The fourth-order valence-electron chi connectivity index (χ4n) is 1.36. The highest BCUT2D eigenvalue weighted by molar-refractivity contribution is 9.10. The van der Waals surface area contributed by atoms with Crippen molar-refractivity contribution in [2.24, 2.45) is 4.40 Å². The first-order valence-electron chi connectivity index (χ1n) is 6.32. The molecule has 0 radical (unpaired) electrons. The maximum atomic E-state index is 12.1. The van der Waals surface area contributed by atoms with E-state index in [0.29, 0.717) is 4.47 Å². The van der Waals surface area contributed by atoms with Gasteiger partial charge in [0.2, 0.25) is 5.71 Å². The van der Waals surface area contributed by atoms with E-state index in [1.165, 1.54) is 7.11 Å². The minimum Gasteiger partial charge on any atom is -0.591 e. The Kier molecular flexibility index (Phi) is 6.86. The molecular formula is C14H18BrNO5S. The van der Waals surface area contributed by atoms with E-state index in [4.69, 9.17) is 9.47 Å². The summed E-state index contributed by atoms with van der Waals surface area (Å²) in [6.45, 7) is 5.11. The van der Waals surface area contributed by atoms with Crippen molar-refractivity contribution in [2.45, 2.75) is 25.5 Å². The summed E-state index contributed by atoms with van der Waals surface area (Å²) < 4.78 is 26.2. The van der Waals surface area contributed by atoms with E-state index in [1.54, 1.807) is 39.0 Å². The van der Waals surface area contributed by atoms with Crippen LogP contribution in [0, 0.1) is 0 Å². The molecular weight excluding hydrogens is 374 g/mol. The number of carbonyl (C=O) groups is 1. The Morgan fingerprint density at radius 3 is 2.59 bits per heavy atom. The van der Waals surface area contributed by atoms with Gasteiger partial charge in [-0.25, -0.2) is 4.79 Å². The van der Waals surface area contributed by atoms with Gasteiger partial charge in [-0.3, -0.25) is 0 Å². The first-order chi connectivity index (χ1) is 10.2. The molecule has 0 spiro atoms. The first-order valence-corrected chi connectivity index (χ1v) is 8.22. The molecule has 0 aliphatic carbocycles. The van der Waals surface area contributed by atoms with Gasteiger partial charge in [-0.1, -0.05) is 20.3 Å². The standard InChI is InChI=1S/C14H18BrNO5S/c1-14(2,3)22(19)16-12(13(17)18)10-7-9(15)5-6-11(10)21-8-20-4/h5-7H,8H2,1-4H3,(H,17,18)/b16-12+. The number of nitrogens with zero attached hydrogens (tertiary/aromatic N) is 1. The van der Waals surface area contributed by atoms with Crippen LogP contribution in [0.3, 0.4) is 0 Å². The van der Waals surface area contributed by atoms with Gasteiger partial charge >= 0.3 is 5.97 Å². The Bertz CT molecular complexity index is 571. The zero-order chi connectivity index (χ0) is 16.9. The molecule has 0 aromatic heterocycles. The predicted octanol–water partition coefficient (Wildman–Crippen LogP) is 2.77. The quantitative estimate of drug-likeness (QED) is 0.457. The highest BCUT2D eigenvalue weighted by Gasteiger charge is 2.30. The molecule has 0 aliphatic rings. The van der Waals surface area contributed by atoms with Gasteiger partial charge in [-0.05, 0) is 39.0 Å². The average molecular weight is 392 g/mol. The van der Waals surface area contributed by atoms with Crippen LogP contribution in [0.15, 0.2) is 27.1 Å². The van der Waals surface area contributed by atoms with Crippen LogP contribution in [0.25, 0.3) is 0 Å². The summed E-state index contributed by atoms with van der Waals surface area (Å²) in [6, 6.07) is 4.85. The molecule has 1 atom stereocenters. The molecule has 22 heavy (non-hydrogen) atoms. The van der Waals surface area contributed by atoms with Crippen LogP contribution in [0.5, 0.6) is 5.75 Å². The number of aliphatic carboxylic acids is 1. The topological polar surface area (TPSA) is 91.2 Å². The molecule has 1 aromatic carbocycles. The molecule has 8 heteroatoms. The van der Waals surface area contributed by atoms with Crippen LogP contribution in [-0.4, -0.2) is 40.0 Å². The van der Waals surface area contributed by atoms with Gasteiger partial charge < -0.3 is 19.1 Å². The molecule has 1 N–H and O–H groups in total. The normalized spacial score (nSPS) is 13.8. The number of hydrogen-bond donors (Lipinski definition) is 1. The summed E-state index contributed by atoms with van der Waals surface area (Å²) in [5.74, 6) is -0.991. The van der Waals surface area contributed by atoms with E-state index >= 15 is 0 Å². The second-order valence-corrected chi connectivity index (χ2v) is 8.12. The third-order valence-electron chi connectivity index (χ3n) is 2.43. The van der Waals surface area contributed by atoms with Crippen molar-refractivity contribution in [3.05, 3.63) is 28.2 Å². The molecule has 0 saturated heterocycles. The minimum atomic E-state index is -1.70. The van der Waals surface area contributed by atoms with Gasteiger partial charge in [0.05, 0.1) is 5.56 Å². The SMILES string of the molecule is COCOc1ccc(Br)cc1/C(=N\[S+]([O-])C(C)(C)C)C(=O)O. The lowest BCUT2D eigenvalue weighted by Crippen LogP contribution is -2.29. The van der Waals surface area contributed by atoms with Gasteiger partial charge in [0.1, 0.15) is 21.9 Å². The third kappa shape index (κ3) is 5.28. The first kappa shape index (κ1) is 19.0. The number of methoxy groups -OCH3 is 1. The molecule has 0 saturated carbocycles. The lowest BCUT2D eigenvalue weighted by molar-refractivity contribution is -0.129. The number of hydrogen-bond acceptors (Lipinski definition) is 5. The Hall–Kier alpha value is -1.09. The Labute approximate surface area is 141 Å². The van der Waals surface area contributed by atoms with Crippen molar-refractivity contribution in [3.8, 4) is 5.75 Å². The fraction of sp³-hybridized carbons (Fsp3) is 0.429. The van der Waals surface area contributed by atoms with E-state index < -0.39 is 22.1 Å². The largest absolute Gasteiger partial charge is 0.591 e. The molecule has 6 nitrogen and oxygen atoms in total. The van der Waals surface area contributed by atoms with Crippen LogP contribution in [-0.2, 0) is 20.9 Å². The average Bonchev–Trinajstić information content (AvgIpc) is 2.41. The van der Waals surface area contributed by atoms with Crippen LogP contribution in [0.2, 0.25) is 0 Å². The van der Waals surface area contributed by atoms with Gasteiger partial charge in [0.25, 0.3) is 0 Å².